The second-order valence-corrected chi connectivity index (χ2v) is 9.29. The highest BCUT2D eigenvalue weighted by atomic mass is 16.5. The zero-order valence-electron chi connectivity index (χ0n) is 19.5. The number of nitrogens with zero attached hydrogens (tertiary/aromatic N) is 1. The Bertz CT molecular complexity index is 1170. The molecule has 0 saturated carbocycles. The summed E-state index contributed by atoms with van der Waals surface area (Å²) in [5.41, 5.74) is 2.76. The molecule has 0 unspecified atom stereocenters. The van der Waals surface area contributed by atoms with E-state index in [1.54, 1.807) is 48.5 Å². The van der Waals surface area contributed by atoms with Crippen molar-refractivity contribution in [1.29, 1.82) is 0 Å². The van der Waals surface area contributed by atoms with Gasteiger partial charge >= 0.3 is 5.97 Å². The SMILES string of the molecule is CC1=CC[C@@H]2C(=O)N(c3cccc(C(=O)Nc4ccc(C(=O)OCC(C)C)cc4)c3)C(=O)[C@@H]2C1. The average molecular weight is 461 g/mol. The fourth-order valence-corrected chi connectivity index (χ4v) is 4.30. The number of amides is 3. The van der Waals surface area contributed by atoms with Crippen LogP contribution in [0, 0.1) is 17.8 Å². The molecule has 7 nitrogen and oxygen atoms in total. The molecule has 1 N–H and O–H groups in total. The molecule has 0 spiro atoms. The Morgan fingerprint density at radius 1 is 1.03 bits per heavy atom. The van der Waals surface area contributed by atoms with Gasteiger partial charge in [0.05, 0.1) is 29.7 Å². The molecule has 1 saturated heterocycles. The molecule has 0 bridgehead atoms. The van der Waals surface area contributed by atoms with E-state index in [-0.39, 0.29) is 35.5 Å². The molecular formula is C27H28N2O5. The molecule has 2 aromatic carbocycles. The Labute approximate surface area is 198 Å². The molecule has 3 amide bonds. The van der Waals surface area contributed by atoms with Gasteiger partial charge in [0.2, 0.25) is 11.8 Å². The standard InChI is InChI=1S/C27H28N2O5/c1-16(2)15-34-27(33)18-8-10-20(11-9-18)28-24(30)19-5-4-6-21(14-19)29-25(31)22-12-7-17(3)13-23(22)26(29)32/h4-11,14,16,22-23H,12-13,15H2,1-3H3,(H,28,30)/t22-,23+/m0/s1. The predicted molar refractivity (Wildman–Crippen MR) is 128 cm³/mol. The van der Waals surface area contributed by atoms with Crippen molar-refractivity contribution in [3.63, 3.8) is 0 Å². The summed E-state index contributed by atoms with van der Waals surface area (Å²) in [5.74, 6) is -1.64. The number of hydrogen-bond acceptors (Lipinski definition) is 5. The molecule has 1 aliphatic heterocycles. The number of carbonyl (C=O) groups is 4. The molecule has 1 aliphatic carbocycles. The molecule has 1 heterocycles. The lowest BCUT2D eigenvalue weighted by Gasteiger charge is -2.18. The van der Waals surface area contributed by atoms with Gasteiger partial charge in [-0.3, -0.25) is 19.3 Å². The van der Waals surface area contributed by atoms with E-state index in [1.807, 2.05) is 26.8 Å². The molecular weight excluding hydrogens is 432 g/mol. The number of imide groups is 1. The van der Waals surface area contributed by atoms with Gasteiger partial charge < -0.3 is 10.1 Å². The number of esters is 1. The number of nitrogens with one attached hydrogen (secondary N) is 1. The Balaban J connectivity index is 1.45. The van der Waals surface area contributed by atoms with Crippen molar-refractivity contribution in [3.05, 3.63) is 71.3 Å². The van der Waals surface area contributed by atoms with Crippen molar-refractivity contribution in [2.45, 2.75) is 33.6 Å². The summed E-state index contributed by atoms with van der Waals surface area (Å²) < 4.78 is 5.21. The van der Waals surface area contributed by atoms with Crippen LogP contribution in [0.2, 0.25) is 0 Å². The van der Waals surface area contributed by atoms with E-state index >= 15 is 0 Å². The third-order valence-electron chi connectivity index (χ3n) is 6.12. The van der Waals surface area contributed by atoms with Crippen LogP contribution in [0.5, 0.6) is 0 Å². The van der Waals surface area contributed by atoms with E-state index in [2.05, 4.69) is 5.32 Å². The minimum absolute atomic E-state index is 0.208. The van der Waals surface area contributed by atoms with Gasteiger partial charge in [-0.15, -0.1) is 0 Å². The molecule has 2 aliphatic rings. The van der Waals surface area contributed by atoms with E-state index in [9.17, 15) is 19.2 Å². The van der Waals surface area contributed by atoms with Crippen molar-refractivity contribution < 1.29 is 23.9 Å². The first-order chi connectivity index (χ1) is 16.2. The van der Waals surface area contributed by atoms with Crippen LogP contribution >= 0.6 is 0 Å². The van der Waals surface area contributed by atoms with Gasteiger partial charge in [0.15, 0.2) is 0 Å². The Kier molecular flexibility index (Phi) is 6.63. The number of allylic oxidation sites excluding steroid dienone is 2. The molecule has 2 aromatic rings. The second-order valence-electron chi connectivity index (χ2n) is 9.29. The van der Waals surface area contributed by atoms with Crippen molar-refractivity contribution in [2.75, 3.05) is 16.8 Å². The molecule has 34 heavy (non-hydrogen) atoms. The topological polar surface area (TPSA) is 92.8 Å². The molecule has 1 fully saturated rings. The number of fused-ring (bicyclic) bond motifs is 1. The highest BCUT2D eigenvalue weighted by Crippen LogP contribution is 2.39. The molecule has 0 aromatic heterocycles. The third-order valence-corrected chi connectivity index (χ3v) is 6.12. The molecule has 7 heteroatoms. The lowest BCUT2D eigenvalue weighted by Crippen LogP contribution is -2.31. The van der Waals surface area contributed by atoms with Crippen LogP contribution in [0.3, 0.4) is 0 Å². The zero-order valence-corrected chi connectivity index (χ0v) is 19.5. The number of benzene rings is 2. The quantitative estimate of drug-likeness (QED) is 0.386. The van der Waals surface area contributed by atoms with Crippen LogP contribution in [0.1, 0.15) is 54.3 Å². The van der Waals surface area contributed by atoms with Gasteiger partial charge in [-0.1, -0.05) is 31.6 Å². The van der Waals surface area contributed by atoms with Crippen molar-refractivity contribution >= 4 is 35.1 Å². The van der Waals surface area contributed by atoms with Crippen molar-refractivity contribution in [3.8, 4) is 0 Å². The monoisotopic (exact) mass is 460 g/mol. The summed E-state index contributed by atoms with van der Waals surface area (Å²) >= 11 is 0. The number of anilines is 2. The first-order valence-corrected chi connectivity index (χ1v) is 11.5. The summed E-state index contributed by atoms with van der Waals surface area (Å²) in [5, 5.41) is 2.78. The maximum atomic E-state index is 13.0. The maximum absolute atomic E-state index is 13.0. The maximum Gasteiger partial charge on any atom is 0.338 e. The Morgan fingerprint density at radius 3 is 2.44 bits per heavy atom. The van der Waals surface area contributed by atoms with Gasteiger partial charge in [-0.25, -0.2) is 4.79 Å². The average Bonchev–Trinajstić information content (AvgIpc) is 3.07. The summed E-state index contributed by atoms with van der Waals surface area (Å²) in [6.45, 7) is 6.24. The van der Waals surface area contributed by atoms with Crippen LogP contribution in [-0.2, 0) is 14.3 Å². The first-order valence-electron chi connectivity index (χ1n) is 11.5. The van der Waals surface area contributed by atoms with Crippen LogP contribution in [-0.4, -0.2) is 30.3 Å². The van der Waals surface area contributed by atoms with Crippen LogP contribution < -0.4 is 10.2 Å². The van der Waals surface area contributed by atoms with Gasteiger partial charge in [0, 0.05) is 11.3 Å². The van der Waals surface area contributed by atoms with E-state index in [0.717, 1.165) is 5.57 Å². The third kappa shape index (κ3) is 4.78. The van der Waals surface area contributed by atoms with Crippen LogP contribution in [0.15, 0.2) is 60.2 Å². The summed E-state index contributed by atoms with van der Waals surface area (Å²) in [6, 6.07) is 12.9. The summed E-state index contributed by atoms with van der Waals surface area (Å²) in [6.07, 6.45) is 3.18. The van der Waals surface area contributed by atoms with Gasteiger partial charge in [-0.2, -0.15) is 0 Å². The van der Waals surface area contributed by atoms with E-state index in [4.69, 9.17) is 4.74 Å². The van der Waals surface area contributed by atoms with Crippen LogP contribution in [0.25, 0.3) is 0 Å². The van der Waals surface area contributed by atoms with Gasteiger partial charge in [0.25, 0.3) is 5.91 Å². The molecule has 0 radical (unpaired) electrons. The minimum atomic E-state index is -0.412. The Hall–Kier alpha value is -3.74. The second kappa shape index (κ2) is 9.63. The fourth-order valence-electron chi connectivity index (χ4n) is 4.30. The summed E-state index contributed by atoms with van der Waals surface area (Å²) in [4.78, 5) is 52.0. The number of ether oxygens (including phenoxy) is 1. The van der Waals surface area contributed by atoms with Crippen LogP contribution in [0.4, 0.5) is 11.4 Å². The largest absolute Gasteiger partial charge is 0.462 e. The molecule has 4 rings (SSSR count). The van der Waals surface area contributed by atoms with Gasteiger partial charge in [0.1, 0.15) is 0 Å². The summed E-state index contributed by atoms with van der Waals surface area (Å²) in [7, 11) is 0. The first kappa shape index (κ1) is 23.4. The van der Waals surface area contributed by atoms with Crippen molar-refractivity contribution in [1.82, 2.24) is 0 Å². The molecule has 176 valence electrons. The number of hydrogen-bond donors (Lipinski definition) is 1. The fraction of sp³-hybridized carbons (Fsp3) is 0.333. The predicted octanol–water partition coefficient (Wildman–Crippen LogP) is 4.60. The number of rotatable bonds is 6. The minimum Gasteiger partial charge on any atom is -0.462 e. The number of carbonyl (C=O) groups excluding carboxylic acids is 4. The smallest absolute Gasteiger partial charge is 0.338 e. The normalized spacial score (nSPS) is 19.6. The lowest BCUT2D eigenvalue weighted by atomic mass is 9.82. The zero-order chi connectivity index (χ0) is 24.4. The Morgan fingerprint density at radius 2 is 1.74 bits per heavy atom. The lowest BCUT2D eigenvalue weighted by molar-refractivity contribution is -0.122. The van der Waals surface area contributed by atoms with E-state index in [0.29, 0.717) is 42.0 Å². The highest BCUT2D eigenvalue weighted by molar-refractivity contribution is 6.22. The van der Waals surface area contributed by atoms with E-state index in [1.165, 1.54) is 4.90 Å². The highest BCUT2D eigenvalue weighted by Gasteiger charge is 2.48. The molecule has 2 atom stereocenters. The van der Waals surface area contributed by atoms with Crippen molar-refractivity contribution in [2.24, 2.45) is 17.8 Å². The van der Waals surface area contributed by atoms with Gasteiger partial charge in [-0.05, 0) is 68.1 Å². The van der Waals surface area contributed by atoms with E-state index < -0.39 is 5.97 Å².